The standard InChI is InChI=1S/C18H18BrF3N4O/c1-11-23-15(18(20,21)22)10-16(24-11)26-8-6-12(7-9-26)25-17(27)13-4-2-3-5-14(13)19/h2-5,10,12H,6-9H2,1H3,(H,25,27). The first kappa shape index (κ1) is 19.6. The molecule has 0 spiro atoms. The lowest BCUT2D eigenvalue weighted by Crippen LogP contribution is -2.45. The fourth-order valence-electron chi connectivity index (χ4n) is 3.02. The number of carbonyl (C=O) groups excluding carboxylic acids is 1. The number of carbonyl (C=O) groups is 1. The highest BCUT2D eigenvalue weighted by atomic mass is 79.9. The third-order valence-corrected chi connectivity index (χ3v) is 5.08. The van der Waals surface area contributed by atoms with Crippen LogP contribution < -0.4 is 10.2 Å². The molecule has 1 aromatic carbocycles. The van der Waals surface area contributed by atoms with Crippen LogP contribution in [0.3, 0.4) is 0 Å². The number of benzene rings is 1. The molecule has 0 radical (unpaired) electrons. The molecule has 0 atom stereocenters. The molecule has 9 heteroatoms. The van der Waals surface area contributed by atoms with Crippen molar-refractivity contribution < 1.29 is 18.0 Å². The molecule has 2 aromatic rings. The Balaban J connectivity index is 1.63. The molecule has 5 nitrogen and oxygen atoms in total. The molecule has 3 rings (SSSR count). The van der Waals surface area contributed by atoms with Crippen molar-refractivity contribution in [1.29, 1.82) is 0 Å². The van der Waals surface area contributed by atoms with Crippen LogP contribution in [0.5, 0.6) is 0 Å². The minimum absolute atomic E-state index is 0.0362. The number of nitrogens with one attached hydrogen (secondary N) is 1. The summed E-state index contributed by atoms with van der Waals surface area (Å²) in [7, 11) is 0. The highest BCUT2D eigenvalue weighted by Crippen LogP contribution is 2.30. The van der Waals surface area contributed by atoms with Gasteiger partial charge in [0.15, 0.2) is 0 Å². The van der Waals surface area contributed by atoms with E-state index in [0.717, 1.165) is 10.5 Å². The van der Waals surface area contributed by atoms with Gasteiger partial charge in [-0.1, -0.05) is 12.1 Å². The first-order valence-corrected chi connectivity index (χ1v) is 9.26. The Bertz CT molecular complexity index is 836. The van der Waals surface area contributed by atoms with Gasteiger partial charge in [-0.05, 0) is 47.8 Å². The van der Waals surface area contributed by atoms with Crippen LogP contribution in [-0.2, 0) is 6.18 Å². The Morgan fingerprint density at radius 1 is 1.22 bits per heavy atom. The molecule has 0 unspecified atom stereocenters. The molecule has 2 heterocycles. The van der Waals surface area contributed by atoms with E-state index in [0.29, 0.717) is 31.5 Å². The number of hydrogen-bond donors (Lipinski definition) is 1. The van der Waals surface area contributed by atoms with E-state index in [2.05, 4.69) is 31.2 Å². The minimum Gasteiger partial charge on any atom is -0.356 e. The van der Waals surface area contributed by atoms with Gasteiger partial charge in [0, 0.05) is 29.7 Å². The lowest BCUT2D eigenvalue weighted by molar-refractivity contribution is -0.141. The number of piperidine rings is 1. The van der Waals surface area contributed by atoms with Crippen molar-refractivity contribution in [3.63, 3.8) is 0 Å². The first-order valence-electron chi connectivity index (χ1n) is 8.47. The van der Waals surface area contributed by atoms with Crippen molar-refractivity contribution >= 4 is 27.7 Å². The average Bonchev–Trinajstić information content (AvgIpc) is 2.61. The Morgan fingerprint density at radius 3 is 2.52 bits per heavy atom. The molecule has 27 heavy (non-hydrogen) atoms. The van der Waals surface area contributed by atoms with Crippen LogP contribution in [-0.4, -0.2) is 35.0 Å². The smallest absolute Gasteiger partial charge is 0.356 e. The maximum atomic E-state index is 13.0. The maximum absolute atomic E-state index is 13.0. The normalized spacial score (nSPS) is 15.7. The zero-order chi connectivity index (χ0) is 19.6. The van der Waals surface area contributed by atoms with Crippen LogP contribution in [0.15, 0.2) is 34.8 Å². The number of nitrogens with zero attached hydrogens (tertiary/aromatic N) is 3. The second kappa shape index (κ2) is 7.84. The van der Waals surface area contributed by atoms with Crippen molar-refractivity contribution in [3.05, 3.63) is 51.9 Å². The summed E-state index contributed by atoms with van der Waals surface area (Å²) < 4.78 is 39.6. The molecular weight excluding hydrogens is 425 g/mol. The number of halogens is 4. The van der Waals surface area contributed by atoms with Gasteiger partial charge in [-0.2, -0.15) is 13.2 Å². The largest absolute Gasteiger partial charge is 0.433 e. The highest BCUT2D eigenvalue weighted by molar-refractivity contribution is 9.10. The summed E-state index contributed by atoms with van der Waals surface area (Å²) in [6.07, 6.45) is -3.25. The van der Waals surface area contributed by atoms with Gasteiger partial charge in [0.25, 0.3) is 5.91 Å². The average molecular weight is 443 g/mol. The van der Waals surface area contributed by atoms with E-state index in [1.165, 1.54) is 6.92 Å². The molecule has 1 aliphatic rings. The van der Waals surface area contributed by atoms with Crippen LogP contribution in [0, 0.1) is 6.92 Å². The van der Waals surface area contributed by atoms with E-state index in [1.807, 2.05) is 6.07 Å². The van der Waals surface area contributed by atoms with Crippen LogP contribution in [0.2, 0.25) is 0 Å². The molecule has 0 saturated carbocycles. The van der Waals surface area contributed by atoms with Crippen molar-refractivity contribution in [1.82, 2.24) is 15.3 Å². The number of anilines is 1. The lowest BCUT2D eigenvalue weighted by Gasteiger charge is -2.33. The molecule has 0 aliphatic carbocycles. The Morgan fingerprint density at radius 2 is 1.89 bits per heavy atom. The van der Waals surface area contributed by atoms with Crippen LogP contribution in [0.25, 0.3) is 0 Å². The number of alkyl halides is 3. The molecule has 0 bridgehead atoms. The summed E-state index contributed by atoms with van der Waals surface area (Å²) >= 11 is 3.36. The molecule has 1 saturated heterocycles. The number of aromatic nitrogens is 2. The second-order valence-electron chi connectivity index (χ2n) is 6.37. The van der Waals surface area contributed by atoms with Crippen LogP contribution >= 0.6 is 15.9 Å². The van der Waals surface area contributed by atoms with E-state index in [4.69, 9.17) is 0 Å². The minimum atomic E-state index is -4.50. The third-order valence-electron chi connectivity index (χ3n) is 4.39. The van der Waals surface area contributed by atoms with Gasteiger partial charge in [0.2, 0.25) is 0 Å². The molecule has 1 amide bonds. The molecule has 1 aliphatic heterocycles. The maximum Gasteiger partial charge on any atom is 0.433 e. The topological polar surface area (TPSA) is 58.1 Å². The van der Waals surface area contributed by atoms with Crippen LogP contribution in [0.1, 0.15) is 34.7 Å². The predicted octanol–water partition coefficient (Wildman–Crippen LogP) is 3.97. The summed E-state index contributed by atoms with van der Waals surface area (Å²) in [6, 6.07) is 8.10. The van der Waals surface area contributed by atoms with Crippen LogP contribution in [0.4, 0.5) is 19.0 Å². The van der Waals surface area contributed by atoms with Gasteiger partial charge >= 0.3 is 6.18 Å². The van der Waals surface area contributed by atoms with Crippen molar-refractivity contribution in [3.8, 4) is 0 Å². The van der Waals surface area contributed by atoms with Crippen molar-refractivity contribution in [2.24, 2.45) is 0 Å². The molecule has 144 valence electrons. The third kappa shape index (κ3) is 4.77. The van der Waals surface area contributed by atoms with Crippen molar-refractivity contribution in [2.45, 2.75) is 32.0 Å². The first-order chi connectivity index (χ1) is 12.7. The monoisotopic (exact) mass is 442 g/mol. The number of rotatable bonds is 3. The fourth-order valence-corrected chi connectivity index (χ4v) is 3.49. The Hall–Kier alpha value is -2.16. The Kier molecular flexibility index (Phi) is 5.69. The summed E-state index contributed by atoms with van der Waals surface area (Å²) in [4.78, 5) is 21.8. The zero-order valence-electron chi connectivity index (χ0n) is 14.6. The lowest BCUT2D eigenvalue weighted by atomic mass is 10.0. The quantitative estimate of drug-likeness (QED) is 0.781. The predicted molar refractivity (Wildman–Crippen MR) is 98.6 cm³/mol. The van der Waals surface area contributed by atoms with Gasteiger partial charge < -0.3 is 10.2 Å². The SMILES string of the molecule is Cc1nc(N2CCC(NC(=O)c3ccccc3Br)CC2)cc(C(F)(F)F)n1. The molecule has 1 N–H and O–H groups in total. The summed E-state index contributed by atoms with van der Waals surface area (Å²) in [6.45, 7) is 2.47. The van der Waals surface area contributed by atoms with Gasteiger partial charge in [0.1, 0.15) is 17.3 Å². The van der Waals surface area contributed by atoms with E-state index in [-0.39, 0.29) is 23.6 Å². The number of hydrogen-bond acceptors (Lipinski definition) is 4. The van der Waals surface area contributed by atoms with Gasteiger partial charge in [-0.25, -0.2) is 9.97 Å². The molecule has 1 fully saturated rings. The number of amides is 1. The summed E-state index contributed by atoms with van der Waals surface area (Å²) in [5.74, 6) is 0.188. The molecular formula is C18H18BrF3N4O. The van der Waals surface area contributed by atoms with E-state index in [9.17, 15) is 18.0 Å². The van der Waals surface area contributed by atoms with E-state index in [1.54, 1.807) is 23.1 Å². The number of aryl methyl sites for hydroxylation is 1. The Labute approximate surface area is 163 Å². The van der Waals surface area contributed by atoms with Crippen molar-refractivity contribution in [2.75, 3.05) is 18.0 Å². The van der Waals surface area contributed by atoms with Gasteiger partial charge in [-0.15, -0.1) is 0 Å². The van der Waals surface area contributed by atoms with E-state index < -0.39 is 11.9 Å². The highest BCUT2D eigenvalue weighted by Gasteiger charge is 2.34. The zero-order valence-corrected chi connectivity index (χ0v) is 16.1. The van der Waals surface area contributed by atoms with Gasteiger partial charge in [-0.3, -0.25) is 4.79 Å². The summed E-state index contributed by atoms with van der Waals surface area (Å²) in [5.41, 5.74) is -0.379. The van der Waals surface area contributed by atoms with E-state index >= 15 is 0 Å². The van der Waals surface area contributed by atoms with Gasteiger partial charge in [0.05, 0.1) is 5.56 Å². The fraction of sp³-hybridized carbons (Fsp3) is 0.389. The second-order valence-corrected chi connectivity index (χ2v) is 7.23. The summed E-state index contributed by atoms with van der Waals surface area (Å²) in [5, 5.41) is 2.99. The molecule has 1 aromatic heterocycles.